The highest BCUT2D eigenvalue weighted by Gasteiger charge is 2.46. The minimum atomic E-state index is -0.872. The largest absolute Gasteiger partial charge is 0.508 e. The number of Topliss-reactive ketones (excluding diaryl/α,β-unsaturated/α-hetero) is 1. The molecule has 0 bridgehead atoms. The standard InChI is InChI=1S/C27H26N2O5/c1-3-12-34-22-10-9-20(13-17(22)2)25(31)23-24(19-7-4-8-21(30)14-19)29(27(33)26(23)32)16-18-6-5-11-28-15-18/h4-11,13-15,24,30-31H,3,12,16H2,1-2H3/b25-23-. The van der Waals surface area contributed by atoms with Crippen LogP contribution in [0.5, 0.6) is 11.5 Å². The molecule has 2 N–H and O–H groups in total. The van der Waals surface area contributed by atoms with Crippen molar-refractivity contribution in [1.29, 1.82) is 0 Å². The van der Waals surface area contributed by atoms with Gasteiger partial charge in [0, 0.05) is 24.5 Å². The van der Waals surface area contributed by atoms with Crippen molar-refractivity contribution in [3.05, 3.63) is 94.8 Å². The maximum Gasteiger partial charge on any atom is 0.295 e. The van der Waals surface area contributed by atoms with Crippen molar-refractivity contribution in [3.63, 3.8) is 0 Å². The number of phenols is 1. The third-order valence-corrected chi connectivity index (χ3v) is 5.71. The smallest absolute Gasteiger partial charge is 0.295 e. The van der Waals surface area contributed by atoms with E-state index in [4.69, 9.17) is 4.74 Å². The fourth-order valence-corrected chi connectivity index (χ4v) is 4.10. The maximum atomic E-state index is 13.2. The van der Waals surface area contributed by atoms with Crippen LogP contribution < -0.4 is 4.74 Å². The number of benzene rings is 2. The van der Waals surface area contributed by atoms with Crippen molar-refractivity contribution >= 4 is 17.4 Å². The van der Waals surface area contributed by atoms with Crippen LogP contribution in [0.4, 0.5) is 0 Å². The van der Waals surface area contributed by atoms with Gasteiger partial charge in [0.1, 0.15) is 17.3 Å². The molecule has 34 heavy (non-hydrogen) atoms. The van der Waals surface area contributed by atoms with Crippen molar-refractivity contribution in [2.45, 2.75) is 32.9 Å². The minimum absolute atomic E-state index is 0.00210. The number of ether oxygens (including phenoxy) is 1. The Morgan fingerprint density at radius 2 is 1.94 bits per heavy atom. The molecule has 1 saturated heterocycles. The number of aromatic nitrogens is 1. The third kappa shape index (κ3) is 4.50. The van der Waals surface area contributed by atoms with Gasteiger partial charge in [0.25, 0.3) is 11.7 Å². The lowest BCUT2D eigenvalue weighted by molar-refractivity contribution is -0.140. The number of ketones is 1. The first-order valence-electron chi connectivity index (χ1n) is 11.1. The molecule has 2 aromatic carbocycles. The molecule has 0 radical (unpaired) electrons. The molecule has 2 heterocycles. The van der Waals surface area contributed by atoms with Crippen molar-refractivity contribution in [1.82, 2.24) is 9.88 Å². The number of pyridine rings is 1. The summed E-state index contributed by atoms with van der Waals surface area (Å²) in [4.78, 5) is 31.7. The van der Waals surface area contributed by atoms with Crippen LogP contribution in [-0.4, -0.2) is 38.4 Å². The number of hydrogen-bond donors (Lipinski definition) is 2. The van der Waals surface area contributed by atoms with Crippen LogP contribution in [0.1, 0.15) is 41.6 Å². The second-order valence-electron chi connectivity index (χ2n) is 8.21. The van der Waals surface area contributed by atoms with E-state index in [2.05, 4.69) is 4.98 Å². The molecule has 1 aliphatic rings. The summed E-state index contributed by atoms with van der Waals surface area (Å²) in [6, 6.07) is 14.2. The topological polar surface area (TPSA) is 100.0 Å². The second-order valence-corrected chi connectivity index (χ2v) is 8.21. The Hall–Kier alpha value is -4.13. The van der Waals surface area contributed by atoms with Gasteiger partial charge in [-0.1, -0.05) is 25.1 Å². The van der Waals surface area contributed by atoms with Gasteiger partial charge in [0.05, 0.1) is 18.2 Å². The number of aliphatic hydroxyl groups excluding tert-OH is 1. The normalized spacial score (nSPS) is 17.2. The van der Waals surface area contributed by atoms with Crippen LogP contribution in [-0.2, 0) is 16.1 Å². The first kappa shape index (κ1) is 23.0. The van der Waals surface area contributed by atoms with E-state index < -0.39 is 17.7 Å². The van der Waals surface area contributed by atoms with Crippen molar-refractivity contribution in [2.24, 2.45) is 0 Å². The molecule has 1 amide bonds. The van der Waals surface area contributed by atoms with Crippen LogP contribution in [0, 0.1) is 6.92 Å². The van der Waals surface area contributed by atoms with Crippen molar-refractivity contribution in [3.8, 4) is 11.5 Å². The molecule has 1 atom stereocenters. The molecule has 1 aliphatic heterocycles. The average molecular weight is 459 g/mol. The van der Waals surface area contributed by atoms with E-state index in [1.54, 1.807) is 48.8 Å². The SMILES string of the molecule is CCCOc1ccc(/C(O)=C2/C(=O)C(=O)N(Cc3cccnc3)C2c2cccc(O)c2)cc1C. The first-order chi connectivity index (χ1) is 16.4. The highest BCUT2D eigenvalue weighted by Crippen LogP contribution is 2.41. The van der Waals surface area contributed by atoms with Crippen molar-refractivity contribution in [2.75, 3.05) is 6.61 Å². The Morgan fingerprint density at radius 1 is 1.12 bits per heavy atom. The van der Waals surface area contributed by atoms with Gasteiger partial charge in [-0.15, -0.1) is 0 Å². The number of carbonyl (C=O) groups excluding carboxylic acids is 2. The molecule has 0 spiro atoms. The molecule has 174 valence electrons. The molecule has 3 aromatic rings. The quantitative estimate of drug-likeness (QED) is 0.307. The average Bonchev–Trinajstić information content (AvgIpc) is 3.08. The van der Waals surface area contributed by atoms with Gasteiger partial charge in [0.2, 0.25) is 0 Å². The van der Waals surface area contributed by atoms with Gasteiger partial charge in [-0.05, 0) is 66.4 Å². The van der Waals surface area contributed by atoms with E-state index in [1.165, 1.54) is 17.0 Å². The Labute approximate surface area is 198 Å². The van der Waals surface area contributed by atoms with Gasteiger partial charge in [0.15, 0.2) is 0 Å². The number of aryl methyl sites for hydroxylation is 1. The predicted molar refractivity (Wildman–Crippen MR) is 127 cm³/mol. The monoisotopic (exact) mass is 458 g/mol. The number of likely N-dealkylation sites (tertiary alicyclic amines) is 1. The molecule has 1 unspecified atom stereocenters. The summed E-state index contributed by atoms with van der Waals surface area (Å²) in [5.41, 5.74) is 2.44. The van der Waals surface area contributed by atoms with Crippen LogP contribution in [0.2, 0.25) is 0 Å². The van der Waals surface area contributed by atoms with E-state index in [0.717, 1.165) is 17.5 Å². The number of nitrogens with zero attached hydrogens (tertiary/aromatic N) is 2. The van der Waals surface area contributed by atoms with Crippen molar-refractivity contribution < 1.29 is 24.5 Å². The lowest BCUT2D eigenvalue weighted by Gasteiger charge is -2.25. The zero-order valence-corrected chi connectivity index (χ0v) is 19.1. The number of rotatable bonds is 7. The Morgan fingerprint density at radius 3 is 2.62 bits per heavy atom. The van der Waals surface area contributed by atoms with E-state index in [-0.39, 0.29) is 23.6 Å². The van der Waals surface area contributed by atoms with Gasteiger partial charge < -0.3 is 19.8 Å². The molecule has 7 nitrogen and oxygen atoms in total. The van der Waals surface area contributed by atoms with E-state index in [0.29, 0.717) is 23.5 Å². The molecule has 0 saturated carbocycles. The Bertz CT molecular complexity index is 1250. The number of carbonyl (C=O) groups is 2. The lowest BCUT2D eigenvalue weighted by atomic mass is 9.94. The molecule has 1 aromatic heterocycles. The molecular formula is C27H26N2O5. The fourth-order valence-electron chi connectivity index (χ4n) is 4.10. The summed E-state index contributed by atoms with van der Waals surface area (Å²) in [6.45, 7) is 4.57. The lowest BCUT2D eigenvalue weighted by Crippen LogP contribution is -2.29. The molecule has 1 fully saturated rings. The second kappa shape index (κ2) is 9.79. The predicted octanol–water partition coefficient (Wildman–Crippen LogP) is 4.51. The van der Waals surface area contributed by atoms with E-state index >= 15 is 0 Å². The summed E-state index contributed by atoms with van der Waals surface area (Å²) in [5, 5.41) is 21.3. The highest BCUT2D eigenvalue weighted by atomic mass is 16.5. The van der Waals surface area contributed by atoms with Gasteiger partial charge in [-0.2, -0.15) is 0 Å². The van der Waals surface area contributed by atoms with Crippen LogP contribution in [0.3, 0.4) is 0 Å². The summed E-state index contributed by atoms with van der Waals surface area (Å²) in [7, 11) is 0. The zero-order valence-electron chi connectivity index (χ0n) is 19.1. The third-order valence-electron chi connectivity index (χ3n) is 5.71. The number of hydrogen-bond acceptors (Lipinski definition) is 6. The summed E-state index contributed by atoms with van der Waals surface area (Å²) < 4.78 is 5.71. The summed E-state index contributed by atoms with van der Waals surface area (Å²) in [5.74, 6) is -1.08. The van der Waals surface area contributed by atoms with E-state index in [1.807, 2.05) is 19.9 Å². The van der Waals surface area contributed by atoms with Crippen LogP contribution in [0.15, 0.2) is 72.6 Å². The van der Waals surface area contributed by atoms with Crippen LogP contribution >= 0.6 is 0 Å². The number of phenolic OH excluding ortho intramolecular Hbond substituents is 1. The highest BCUT2D eigenvalue weighted by molar-refractivity contribution is 6.46. The Balaban J connectivity index is 1.82. The van der Waals surface area contributed by atoms with Crippen LogP contribution in [0.25, 0.3) is 5.76 Å². The molecule has 0 aliphatic carbocycles. The minimum Gasteiger partial charge on any atom is -0.508 e. The molecule has 7 heteroatoms. The van der Waals surface area contributed by atoms with Gasteiger partial charge >= 0.3 is 0 Å². The molecular weight excluding hydrogens is 432 g/mol. The number of amides is 1. The number of aliphatic hydroxyl groups is 1. The molecule has 4 rings (SSSR count). The van der Waals surface area contributed by atoms with Gasteiger partial charge in [-0.25, -0.2) is 0 Å². The first-order valence-corrected chi connectivity index (χ1v) is 11.1. The maximum absolute atomic E-state index is 13.2. The number of aromatic hydroxyl groups is 1. The fraction of sp³-hybridized carbons (Fsp3) is 0.222. The van der Waals surface area contributed by atoms with Gasteiger partial charge in [-0.3, -0.25) is 14.6 Å². The summed E-state index contributed by atoms with van der Waals surface area (Å²) in [6.07, 6.45) is 4.11. The zero-order chi connectivity index (χ0) is 24.2. The van der Waals surface area contributed by atoms with E-state index in [9.17, 15) is 19.8 Å². The Kier molecular flexibility index (Phi) is 6.63. The summed E-state index contributed by atoms with van der Waals surface area (Å²) >= 11 is 0.